The summed E-state index contributed by atoms with van der Waals surface area (Å²) in [4.78, 5) is 1.30. The summed E-state index contributed by atoms with van der Waals surface area (Å²) in [6.45, 7) is 20.6. The summed E-state index contributed by atoms with van der Waals surface area (Å²) in [6, 6.07) is 16.3. The highest BCUT2D eigenvalue weighted by molar-refractivity contribution is 8.01. The molecule has 0 bridgehead atoms. The average molecular weight is 515 g/mol. The third-order valence-corrected chi connectivity index (χ3v) is 14.5. The first-order valence-electron chi connectivity index (χ1n) is 13.6. The van der Waals surface area contributed by atoms with Crippen molar-refractivity contribution in [1.29, 1.82) is 0 Å². The summed E-state index contributed by atoms with van der Waals surface area (Å²) < 4.78 is 5.75. The zero-order valence-electron chi connectivity index (χ0n) is 23.9. The zero-order chi connectivity index (χ0) is 26.3. The van der Waals surface area contributed by atoms with Crippen LogP contribution in [0, 0.1) is 0 Å². The highest BCUT2D eigenvalue weighted by Crippen LogP contribution is 2.42. The molecule has 0 saturated carbocycles. The van der Waals surface area contributed by atoms with Crippen LogP contribution in [0.5, 0.6) is 11.5 Å². The number of ether oxygens (including phenoxy) is 1. The Hall–Kier alpha value is -1.39. The van der Waals surface area contributed by atoms with E-state index in [0.717, 1.165) is 16.9 Å². The largest absolute Gasteiger partial charge is 0.507 e. The third-order valence-electron chi connectivity index (χ3n) is 7.01. The first-order valence-corrected chi connectivity index (χ1v) is 17.2. The lowest BCUT2D eigenvalue weighted by Crippen LogP contribution is -2.50. The van der Waals surface area contributed by atoms with Crippen molar-refractivity contribution in [2.75, 3.05) is 12.0 Å². The number of phenolic OH excluding ortho intramolecular Hbond substituents is 1. The summed E-state index contributed by atoms with van der Waals surface area (Å²) in [6.07, 6.45) is 5.06. The summed E-state index contributed by atoms with van der Waals surface area (Å²) in [5, 5.41) is 13.9. The molecule has 0 unspecified atom stereocenters. The summed E-state index contributed by atoms with van der Waals surface area (Å²) in [5.41, 5.74) is 1.91. The molecule has 0 fully saturated rings. The van der Waals surface area contributed by atoms with Gasteiger partial charge in [0.25, 0.3) is 0 Å². The second kappa shape index (κ2) is 12.7. The van der Waals surface area contributed by atoms with Gasteiger partial charge in [-0.25, -0.2) is 0 Å². The average Bonchev–Trinajstić information content (AvgIpc) is 2.79. The smallest absolute Gasteiger partial charge is 0.123 e. The molecule has 2 aromatic rings. The quantitative estimate of drug-likeness (QED) is 0.226. The van der Waals surface area contributed by atoms with Gasteiger partial charge in [0.05, 0.1) is 14.7 Å². The lowest BCUT2D eigenvalue weighted by atomic mass is 9.79. The van der Waals surface area contributed by atoms with E-state index in [4.69, 9.17) is 4.74 Å². The van der Waals surface area contributed by atoms with Crippen LogP contribution in [-0.4, -0.2) is 25.2 Å². The van der Waals surface area contributed by atoms with Crippen molar-refractivity contribution in [2.24, 2.45) is 0 Å². The Labute approximate surface area is 221 Å². The van der Waals surface area contributed by atoms with Crippen LogP contribution in [0.25, 0.3) is 0 Å². The molecule has 0 heterocycles. The topological polar surface area (TPSA) is 29.5 Å². The van der Waals surface area contributed by atoms with Gasteiger partial charge in [-0.1, -0.05) is 110 Å². The van der Waals surface area contributed by atoms with Crippen LogP contribution in [0.1, 0.15) is 99.1 Å². The van der Waals surface area contributed by atoms with Gasteiger partial charge < -0.3 is 9.84 Å². The van der Waals surface area contributed by atoms with Crippen molar-refractivity contribution < 1.29 is 9.84 Å². The molecule has 4 heteroatoms. The molecule has 0 saturated heterocycles. The van der Waals surface area contributed by atoms with E-state index in [0.29, 0.717) is 12.4 Å². The van der Waals surface area contributed by atoms with Crippen molar-refractivity contribution in [3.8, 4) is 11.5 Å². The van der Waals surface area contributed by atoms with E-state index in [2.05, 4.69) is 91.8 Å². The van der Waals surface area contributed by atoms with Crippen LogP contribution in [0.4, 0.5) is 0 Å². The van der Waals surface area contributed by atoms with Crippen LogP contribution >= 0.6 is 11.8 Å². The fraction of sp³-hybridized carbons (Fsp3) is 0.613. The van der Waals surface area contributed by atoms with Gasteiger partial charge in [0.15, 0.2) is 0 Å². The molecule has 0 spiro atoms. The monoisotopic (exact) mass is 514 g/mol. The van der Waals surface area contributed by atoms with Crippen molar-refractivity contribution in [3.63, 3.8) is 0 Å². The summed E-state index contributed by atoms with van der Waals surface area (Å²) in [5.74, 6) is 1.45. The Morgan fingerprint density at radius 1 is 0.800 bits per heavy atom. The molecule has 0 amide bonds. The maximum atomic E-state index is 11.2. The van der Waals surface area contributed by atoms with Gasteiger partial charge in [0, 0.05) is 16.0 Å². The molecular weight excluding hydrogens is 464 g/mol. The van der Waals surface area contributed by atoms with Gasteiger partial charge in [0.2, 0.25) is 0 Å². The van der Waals surface area contributed by atoms with Crippen LogP contribution in [0.15, 0.2) is 41.3 Å². The molecule has 2 rings (SSSR count). The van der Waals surface area contributed by atoms with Crippen molar-refractivity contribution >= 4 is 25.0 Å². The van der Waals surface area contributed by atoms with Gasteiger partial charge in [-0.3, -0.25) is 0 Å². The van der Waals surface area contributed by atoms with E-state index < -0.39 is 8.07 Å². The lowest BCUT2D eigenvalue weighted by Gasteiger charge is -2.33. The van der Waals surface area contributed by atoms with Gasteiger partial charge >= 0.3 is 0 Å². The lowest BCUT2D eigenvalue weighted by molar-refractivity contribution is 0.340. The summed E-state index contributed by atoms with van der Waals surface area (Å²) >= 11 is 2.03. The van der Waals surface area contributed by atoms with E-state index in [-0.39, 0.29) is 10.8 Å². The van der Waals surface area contributed by atoms with Gasteiger partial charge in [-0.15, -0.1) is 11.8 Å². The van der Waals surface area contributed by atoms with Gasteiger partial charge in [-0.05, 0) is 47.4 Å². The Morgan fingerprint density at radius 2 is 1.29 bits per heavy atom. The minimum absolute atomic E-state index is 0.102. The van der Waals surface area contributed by atoms with E-state index in [1.165, 1.54) is 48.0 Å². The maximum absolute atomic E-state index is 11.2. The number of hydrogen-bond acceptors (Lipinski definition) is 3. The Balaban J connectivity index is 2.51. The second-order valence-electron chi connectivity index (χ2n) is 12.1. The minimum atomic E-state index is -1.74. The second-order valence-corrected chi connectivity index (χ2v) is 18.2. The summed E-state index contributed by atoms with van der Waals surface area (Å²) in [7, 11) is -1.74. The number of benzene rings is 2. The van der Waals surface area contributed by atoms with E-state index in [9.17, 15) is 5.11 Å². The van der Waals surface area contributed by atoms with Crippen LogP contribution in [0.3, 0.4) is 0 Å². The fourth-order valence-electron chi connectivity index (χ4n) is 4.80. The predicted molar refractivity (Wildman–Crippen MR) is 159 cm³/mol. The van der Waals surface area contributed by atoms with Crippen molar-refractivity contribution in [1.82, 2.24) is 0 Å². The number of unbranched alkanes of at least 4 members (excludes halogenated alkanes) is 2. The van der Waals surface area contributed by atoms with Crippen molar-refractivity contribution in [2.45, 2.75) is 116 Å². The molecule has 35 heavy (non-hydrogen) atoms. The molecular formula is C31H50O2SSi. The highest BCUT2D eigenvalue weighted by atomic mass is 32.2. The van der Waals surface area contributed by atoms with E-state index in [1.807, 2.05) is 18.7 Å². The standard InChI is InChI=1S/C31H50O2SSi/c1-10-13-19-35(20-14-11-2,26-17-15-24(16-18-26)33-12-3)23-34-25-21-27(30(4,5)6)29(32)28(22-25)31(7,8)9/h15-18,21-22,32H,10-14,19-20,23H2,1-9H3. The number of hydrogen-bond donors (Lipinski definition) is 1. The molecule has 0 radical (unpaired) electrons. The maximum Gasteiger partial charge on any atom is 0.123 e. The fourth-order valence-corrected chi connectivity index (χ4v) is 12.6. The van der Waals surface area contributed by atoms with Crippen LogP contribution < -0.4 is 9.92 Å². The van der Waals surface area contributed by atoms with Crippen LogP contribution in [0.2, 0.25) is 12.1 Å². The molecule has 0 atom stereocenters. The highest BCUT2D eigenvalue weighted by Gasteiger charge is 2.35. The van der Waals surface area contributed by atoms with Gasteiger partial charge in [0.1, 0.15) is 11.5 Å². The number of thioether (sulfide) groups is 1. The molecule has 2 nitrogen and oxygen atoms in total. The first kappa shape index (κ1) is 29.8. The molecule has 0 aliphatic heterocycles. The molecule has 0 aliphatic carbocycles. The Bertz CT molecular complexity index is 879. The SMILES string of the molecule is CCCC[Si](CCCC)(CSc1cc(C(C)(C)C)c(O)c(C(C)(C)C)c1)c1ccc(OCC)cc1. The number of rotatable bonds is 12. The van der Waals surface area contributed by atoms with E-state index in [1.54, 1.807) is 5.19 Å². The van der Waals surface area contributed by atoms with Gasteiger partial charge in [-0.2, -0.15) is 0 Å². The Morgan fingerprint density at radius 3 is 1.69 bits per heavy atom. The Kier molecular flexibility index (Phi) is 10.8. The third kappa shape index (κ3) is 8.05. The zero-order valence-corrected chi connectivity index (χ0v) is 25.7. The molecule has 1 N–H and O–H groups in total. The van der Waals surface area contributed by atoms with Crippen LogP contribution in [-0.2, 0) is 10.8 Å². The number of phenols is 1. The molecule has 2 aromatic carbocycles. The molecule has 0 aromatic heterocycles. The molecule has 196 valence electrons. The van der Waals surface area contributed by atoms with Crippen molar-refractivity contribution in [3.05, 3.63) is 47.5 Å². The number of aromatic hydroxyl groups is 1. The van der Waals surface area contributed by atoms with E-state index >= 15 is 0 Å². The predicted octanol–water partition coefficient (Wildman–Crippen LogP) is 8.97. The normalized spacial score (nSPS) is 12.7. The first-order chi connectivity index (χ1) is 16.4. The minimum Gasteiger partial charge on any atom is -0.507 e. The molecule has 0 aliphatic rings.